The SMILES string of the molecule is O=P([O-])([O-])[O-].[Al+3].[Cr+3].[Zn+2]. The first-order valence-corrected chi connectivity index (χ1v) is 2.19. The molecule has 0 aliphatic carbocycles. The van der Waals surface area contributed by atoms with Crippen LogP contribution in [-0.2, 0) is 41.4 Å². The average molecular weight is 239 g/mol. The standard InChI is InChI=1S/Al.Cr.H3O4P.Zn/c;;1-5(2,3)4;/h;;(H3,1,2,3,4);/q2*+3;;+2/p-3. The molecule has 0 aromatic rings. The van der Waals surface area contributed by atoms with Gasteiger partial charge in [-0.05, 0) is 0 Å². The smallest absolute Gasteiger partial charge is 0.822 e. The van der Waals surface area contributed by atoms with E-state index < -0.39 is 7.82 Å². The third-order valence-electron chi connectivity index (χ3n) is 0. The first kappa shape index (κ1) is 22.6. The van der Waals surface area contributed by atoms with Crippen molar-refractivity contribution in [2.45, 2.75) is 0 Å². The molecule has 0 heterocycles. The molecule has 0 unspecified atom stereocenters. The fourth-order valence-corrected chi connectivity index (χ4v) is 0. The molecule has 0 aliphatic rings. The summed E-state index contributed by atoms with van der Waals surface area (Å²) in [6.45, 7) is 0. The van der Waals surface area contributed by atoms with Crippen LogP contribution in [0.5, 0.6) is 0 Å². The molecule has 0 aliphatic heterocycles. The molecule has 0 saturated carbocycles. The predicted octanol–water partition coefficient (Wildman–Crippen LogP) is -3.21. The summed E-state index contributed by atoms with van der Waals surface area (Å²) in [5, 5.41) is 0. The molecule has 1 radical (unpaired) electrons. The van der Waals surface area contributed by atoms with E-state index in [4.69, 9.17) is 19.2 Å². The molecule has 8 heteroatoms. The second-order valence-electron chi connectivity index (χ2n) is 0.447. The van der Waals surface area contributed by atoms with E-state index in [0.29, 0.717) is 0 Å². The van der Waals surface area contributed by atoms with E-state index in [1.807, 2.05) is 0 Å². The third kappa shape index (κ3) is 111. The topological polar surface area (TPSA) is 86.2 Å². The van der Waals surface area contributed by atoms with Gasteiger partial charge in [-0.15, -0.1) is 0 Å². The van der Waals surface area contributed by atoms with E-state index in [-0.39, 0.29) is 54.2 Å². The summed E-state index contributed by atoms with van der Waals surface area (Å²) in [6.07, 6.45) is 0. The Kier molecular flexibility index (Phi) is 24.8. The molecule has 0 N–H and O–H groups in total. The van der Waals surface area contributed by atoms with Gasteiger partial charge in [0.25, 0.3) is 0 Å². The van der Waals surface area contributed by atoms with Gasteiger partial charge in [0.1, 0.15) is 0 Å². The normalized spacial score (nSPS) is 7.38. The van der Waals surface area contributed by atoms with Gasteiger partial charge in [0.15, 0.2) is 0 Å². The Morgan fingerprint density at radius 1 is 1.12 bits per heavy atom. The van der Waals surface area contributed by atoms with Crippen LogP contribution in [-0.4, -0.2) is 17.4 Å². The van der Waals surface area contributed by atoms with Gasteiger partial charge >= 0.3 is 54.2 Å². The predicted molar refractivity (Wildman–Crippen MR) is 13.4 cm³/mol. The fourth-order valence-electron chi connectivity index (χ4n) is 0. The molecule has 0 amide bonds. The van der Waals surface area contributed by atoms with Gasteiger partial charge in [-0.3, -0.25) is 0 Å². The van der Waals surface area contributed by atoms with Crippen LogP contribution in [0.15, 0.2) is 0 Å². The van der Waals surface area contributed by atoms with Crippen LogP contribution in [0, 0.1) is 0 Å². The molecule has 0 saturated heterocycles. The minimum atomic E-state index is -5.39. The Balaban J connectivity index is -0.0000000267. The Hall–Kier alpha value is 1.80. The van der Waals surface area contributed by atoms with E-state index in [1.165, 1.54) is 0 Å². The Bertz CT molecular complexity index is 62.2. The molecule has 0 atom stereocenters. The van der Waals surface area contributed by atoms with Crippen molar-refractivity contribution >= 4 is 25.2 Å². The zero-order valence-corrected chi connectivity index (χ0v) is 10.1. The van der Waals surface area contributed by atoms with Crippen molar-refractivity contribution in [3.63, 3.8) is 0 Å². The zero-order valence-electron chi connectivity index (χ0n) is 3.77. The molecule has 0 fully saturated rings. The third-order valence-corrected chi connectivity index (χ3v) is 0. The van der Waals surface area contributed by atoms with E-state index in [9.17, 15) is 0 Å². The molecule has 8 heavy (non-hydrogen) atoms. The molecule has 0 bridgehead atoms. The number of rotatable bonds is 0. The monoisotopic (exact) mass is 238 g/mol. The van der Waals surface area contributed by atoms with Crippen molar-refractivity contribution in [2.24, 2.45) is 0 Å². The molecule has 0 rings (SSSR count). The van der Waals surface area contributed by atoms with Crippen LogP contribution >= 0.6 is 7.82 Å². The van der Waals surface area contributed by atoms with E-state index in [0.717, 1.165) is 0 Å². The maximum absolute atomic E-state index is 8.55. The van der Waals surface area contributed by atoms with Crippen LogP contribution in [0.25, 0.3) is 0 Å². The van der Waals surface area contributed by atoms with Crippen LogP contribution in [0.1, 0.15) is 0 Å². The summed E-state index contributed by atoms with van der Waals surface area (Å²) in [4.78, 5) is 25.6. The van der Waals surface area contributed by atoms with Crippen LogP contribution < -0.4 is 14.7 Å². The van der Waals surface area contributed by atoms with Crippen molar-refractivity contribution in [3.8, 4) is 0 Å². The van der Waals surface area contributed by atoms with Gasteiger partial charge < -0.3 is 19.2 Å². The molecule has 35 valence electrons. The molecular formula is AlCrO4PZn+5. The van der Waals surface area contributed by atoms with Gasteiger partial charge in [-0.1, -0.05) is 0 Å². The molecule has 0 aromatic carbocycles. The van der Waals surface area contributed by atoms with Crippen molar-refractivity contribution in [2.75, 3.05) is 0 Å². The minimum Gasteiger partial charge on any atom is -0.822 e. The maximum atomic E-state index is 8.55. The van der Waals surface area contributed by atoms with Crippen molar-refractivity contribution in [1.82, 2.24) is 0 Å². The Morgan fingerprint density at radius 2 is 1.12 bits per heavy atom. The first-order valence-electron chi connectivity index (χ1n) is 0.730. The van der Waals surface area contributed by atoms with E-state index in [2.05, 4.69) is 0 Å². The van der Waals surface area contributed by atoms with Crippen LogP contribution in [0.4, 0.5) is 0 Å². The Labute approximate surface area is 80.9 Å². The quantitative estimate of drug-likeness (QED) is 0.329. The second-order valence-corrected chi connectivity index (χ2v) is 1.34. The number of phosphoric acid groups is 1. The summed E-state index contributed by atoms with van der Waals surface area (Å²) in [6, 6.07) is 0. The fraction of sp³-hybridized carbons (Fsp3) is 0. The van der Waals surface area contributed by atoms with Crippen molar-refractivity contribution in [3.05, 3.63) is 0 Å². The van der Waals surface area contributed by atoms with Crippen molar-refractivity contribution in [1.29, 1.82) is 0 Å². The van der Waals surface area contributed by atoms with Gasteiger partial charge in [0.2, 0.25) is 0 Å². The van der Waals surface area contributed by atoms with Crippen LogP contribution in [0.3, 0.4) is 0 Å². The zero-order chi connectivity index (χ0) is 4.50. The van der Waals surface area contributed by atoms with Gasteiger partial charge in [-0.2, -0.15) is 7.82 Å². The number of hydrogen-bond donors (Lipinski definition) is 0. The second kappa shape index (κ2) is 8.80. The van der Waals surface area contributed by atoms with Gasteiger partial charge in [0, 0.05) is 0 Å². The van der Waals surface area contributed by atoms with Crippen LogP contribution in [0.2, 0.25) is 0 Å². The first-order chi connectivity index (χ1) is 2.00. The average Bonchev–Trinajstić information content (AvgIpc) is 0.722. The minimum absolute atomic E-state index is 0. The molecule has 0 spiro atoms. The maximum Gasteiger partial charge on any atom is 3.00 e. The van der Waals surface area contributed by atoms with E-state index in [1.54, 1.807) is 0 Å². The number of hydrogen-bond acceptors (Lipinski definition) is 4. The summed E-state index contributed by atoms with van der Waals surface area (Å²) in [7, 11) is -5.39. The summed E-state index contributed by atoms with van der Waals surface area (Å²) in [5.74, 6) is 0. The molecule has 4 nitrogen and oxygen atoms in total. The summed E-state index contributed by atoms with van der Waals surface area (Å²) in [5.41, 5.74) is 0. The van der Waals surface area contributed by atoms with Crippen molar-refractivity contribution < 1.29 is 56.1 Å². The summed E-state index contributed by atoms with van der Waals surface area (Å²) < 4.78 is 8.55. The van der Waals surface area contributed by atoms with E-state index >= 15 is 0 Å². The molecule has 0 aromatic heterocycles. The summed E-state index contributed by atoms with van der Waals surface area (Å²) >= 11 is 0. The van der Waals surface area contributed by atoms with Gasteiger partial charge in [0.05, 0.1) is 0 Å². The van der Waals surface area contributed by atoms with Gasteiger partial charge in [-0.25, -0.2) is 0 Å². The largest absolute Gasteiger partial charge is 3.00 e. The Morgan fingerprint density at radius 3 is 1.12 bits per heavy atom. The molecular weight excluding hydrogens is 239 g/mol.